The summed E-state index contributed by atoms with van der Waals surface area (Å²) in [7, 11) is 0. The molecule has 3 aliphatic carbocycles. The minimum Gasteiger partial charge on any atom is -0.0851 e. The molecule has 3 rings (SSSR count). The van der Waals surface area contributed by atoms with Gasteiger partial charge in [-0.1, -0.05) is 12.2 Å². The molecule has 3 aliphatic rings. The van der Waals surface area contributed by atoms with E-state index in [-0.39, 0.29) is 0 Å². The SMILES string of the molecule is C1=CC2CC1CC2C1CC1. The predicted octanol–water partition coefficient (Wildman–Crippen LogP) is 2.61. The van der Waals surface area contributed by atoms with E-state index < -0.39 is 0 Å². The smallest absolute Gasteiger partial charge is 0.0197 e. The van der Waals surface area contributed by atoms with Crippen molar-refractivity contribution in [2.24, 2.45) is 23.7 Å². The van der Waals surface area contributed by atoms with Gasteiger partial charge < -0.3 is 0 Å². The van der Waals surface area contributed by atoms with Crippen LogP contribution in [-0.4, -0.2) is 0 Å². The first-order valence-corrected chi connectivity index (χ1v) is 4.62. The van der Waals surface area contributed by atoms with Crippen molar-refractivity contribution in [1.82, 2.24) is 0 Å². The second kappa shape index (κ2) is 1.66. The predicted molar refractivity (Wildman–Crippen MR) is 41.6 cm³/mol. The second-order valence-corrected chi connectivity index (χ2v) is 4.28. The fourth-order valence-corrected chi connectivity index (χ4v) is 2.89. The summed E-state index contributed by atoms with van der Waals surface area (Å²) in [4.78, 5) is 0. The maximum Gasteiger partial charge on any atom is -0.0197 e. The maximum atomic E-state index is 2.48. The molecule has 3 atom stereocenters. The van der Waals surface area contributed by atoms with Crippen molar-refractivity contribution in [1.29, 1.82) is 0 Å². The molecule has 2 fully saturated rings. The first-order chi connectivity index (χ1) is 4.93. The zero-order valence-corrected chi connectivity index (χ0v) is 6.29. The maximum absolute atomic E-state index is 2.48. The lowest BCUT2D eigenvalue weighted by Crippen LogP contribution is -2.08. The van der Waals surface area contributed by atoms with Crippen LogP contribution in [0.1, 0.15) is 25.7 Å². The van der Waals surface area contributed by atoms with Gasteiger partial charge in [-0.2, -0.15) is 0 Å². The summed E-state index contributed by atoms with van der Waals surface area (Å²) >= 11 is 0. The minimum absolute atomic E-state index is 0.996. The van der Waals surface area contributed by atoms with Gasteiger partial charge in [-0.3, -0.25) is 0 Å². The minimum atomic E-state index is 0.996. The van der Waals surface area contributed by atoms with Crippen LogP contribution in [0.3, 0.4) is 0 Å². The van der Waals surface area contributed by atoms with Gasteiger partial charge in [0.2, 0.25) is 0 Å². The third-order valence-corrected chi connectivity index (χ3v) is 3.56. The molecule has 0 heterocycles. The van der Waals surface area contributed by atoms with Crippen LogP contribution in [0, 0.1) is 23.7 Å². The quantitative estimate of drug-likeness (QED) is 0.483. The molecule has 54 valence electrons. The number of fused-ring (bicyclic) bond motifs is 2. The van der Waals surface area contributed by atoms with Crippen LogP contribution in [0.4, 0.5) is 0 Å². The Hall–Kier alpha value is -0.260. The topological polar surface area (TPSA) is 0 Å². The molecule has 3 unspecified atom stereocenters. The fraction of sp³-hybridized carbons (Fsp3) is 0.800. The van der Waals surface area contributed by atoms with E-state index >= 15 is 0 Å². The van der Waals surface area contributed by atoms with Crippen LogP contribution in [0.2, 0.25) is 0 Å². The summed E-state index contributed by atoms with van der Waals surface area (Å²) in [5, 5.41) is 0. The highest BCUT2D eigenvalue weighted by Crippen LogP contribution is 2.53. The zero-order valence-electron chi connectivity index (χ0n) is 6.29. The van der Waals surface area contributed by atoms with Crippen LogP contribution < -0.4 is 0 Å². The largest absolute Gasteiger partial charge is 0.0851 e. The van der Waals surface area contributed by atoms with Crippen molar-refractivity contribution in [3.63, 3.8) is 0 Å². The molecular weight excluding hydrogens is 120 g/mol. The Balaban J connectivity index is 1.83. The molecule has 2 bridgehead atoms. The van der Waals surface area contributed by atoms with Gasteiger partial charge in [0, 0.05) is 0 Å². The molecule has 0 nitrogen and oxygen atoms in total. The molecule has 0 aromatic heterocycles. The molecule has 0 aromatic rings. The van der Waals surface area contributed by atoms with E-state index in [1.165, 1.54) is 12.8 Å². The lowest BCUT2D eigenvalue weighted by molar-refractivity contribution is 0.394. The van der Waals surface area contributed by atoms with Crippen molar-refractivity contribution in [2.75, 3.05) is 0 Å². The van der Waals surface area contributed by atoms with E-state index in [1.807, 2.05) is 0 Å². The molecule has 0 amide bonds. The average molecular weight is 134 g/mol. The van der Waals surface area contributed by atoms with Crippen molar-refractivity contribution >= 4 is 0 Å². The molecule has 0 aliphatic heterocycles. The molecule has 0 N–H and O–H groups in total. The number of rotatable bonds is 1. The first-order valence-electron chi connectivity index (χ1n) is 4.62. The average Bonchev–Trinajstić information content (AvgIpc) is 2.60. The van der Waals surface area contributed by atoms with Crippen molar-refractivity contribution in [3.8, 4) is 0 Å². The third kappa shape index (κ3) is 0.624. The summed E-state index contributed by atoms with van der Waals surface area (Å²) < 4.78 is 0. The standard InChI is InChI=1S/C10H14/c1-2-9-5-7(1)6-10(9)8-3-4-8/h1-2,7-10H,3-6H2. The van der Waals surface area contributed by atoms with E-state index in [4.69, 9.17) is 0 Å². The molecule has 0 heteroatoms. The van der Waals surface area contributed by atoms with Crippen molar-refractivity contribution in [3.05, 3.63) is 12.2 Å². The molecule has 0 spiro atoms. The van der Waals surface area contributed by atoms with E-state index in [1.54, 1.807) is 12.8 Å². The van der Waals surface area contributed by atoms with Gasteiger partial charge in [-0.05, 0) is 49.4 Å². The highest BCUT2D eigenvalue weighted by molar-refractivity contribution is 5.12. The monoisotopic (exact) mass is 134 g/mol. The molecule has 0 radical (unpaired) electrons. The van der Waals surface area contributed by atoms with Gasteiger partial charge in [-0.25, -0.2) is 0 Å². The molecule has 10 heavy (non-hydrogen) atoms. The Labute approximate surface area is 62.3 Å². The van der Waals surface area contributed by atoms with E-state index in [9.17, 15) is 0 Å². The van der Waals surface area contributed by atoms with Crippen LogP contribution in [0.25, 0.3) is 0 Å². The van der Waals surface area contributed by atoms with Gasteiger partial charge >= 0.3 is 0 Å². The highest BCUT2D eigenvalue weighted by atomic mass is 14.5. The van der Waals surface area contributed by atoms with Crippen LogP contribution in [-0.2, 0) is 0 Å². The van der Waals surface area contributed by atoms with Gasteiger partial charge in [0.05, 0.1) is 0 Å². The van der Waals surface area contributed by atoms with Crippen LogP contribution in [0.15, 0.2) is 12.2 Å². The normalized spacial score (nSPS) is 50.6. The van der Waals surface area contributed by atoms with Crippen molar-refractivity contribution < 1.29 is 0 Å². The van der Waals surface area contributed by atoms with E-state index in [0.29, 0.717) is 0 Å². The summed E-state index contributed by atoms with van der Waals surface area (Å²) in [5.41, 5.74) is 0. The number of hydrogen-bond donors (Lipinski definition) is 0. The van der Waals surface area contributed by atoms with Crippen LogP contribution >= 0.6 is 0 Å². The Bertz CT molecular complexity index is 176. The molecule has 0 saturated heterocycles. The van der Waals surface area contributed by atoms with Gasteiger partial charge in [0.25, 0.3) is 0 Å². The molecule has 0 aromatic carbocycles. The van der Waals surface area contributed by atoms with E-state index in [0.717, 1.165) is 23.7 Å². The summed E-state index contributed by atoms with van der Waals surface area (Å²) in [6, 6.07) is 0. The van der Waals surface area contributed by atoms with Gasteiger partial charge in [0.15, 0.2) is 0 Å². The first kappa shape index (κ1) is 5.40. The second-order valence-electron chi connectivity index (χ2n) is 4.28. The summed E-state index contributed by atoms with van der Waals surface area (Å²) in [6.45, 7) is 0. The lowest BCUT2D eigenvalue weighted by Gasteiger charge is -2.16. The fourth-order valence-electron chi connectivity index (χ4n) is 2.89. The number of hydrogen-bond acceptors (Lipinski definition) is 0. The van der Waals surface area contributed by atoms with Gasteiger partial charge in [-0.15, -0.1) is 0 Å². The highest BCUT2D eigenvalue weighted by Gasteiger charge is 2.43. The molecular formula is C10H14. The van der Waals surface area contributed by atoms with Crippen molar-refractivity contribution in [2.45, 2.75) is 25.7 Å². The Kier molecular flexibility index (Phi) is 0.898. The van der Waals surface area contributed by atoms with Crippen LogP contribution in [0.5, 0.6) is 0 Å². The zero-order chi connectivity index (χ0) is 6.55. The summed E-state index contributed by atoms with van der Waals surface area (Å²) in [6.07, 6.45) is 11.1. The number of allylic oxidation sites excluding steroid dienone is 2. The Morgan fingerprint density at radius 3 is 2.40 bits per heavy atom. The van der Waals surface area contributed by atoms with E-state index in [2.05, 4.69) is 12.2 Å². The Morgan fingerprint density at radius 2 is 1.90 bits per heavy atom. The summed E-state index contributed by atoms with van der Waals surface area (Å²) in [5.74, 6) is 4.28. The van der Waals surface area contributed by atoms with Gasteiger partial charge in [0.1, 0.15) is 0 Å². The third-order valence-electron chi connectivity index (χ3n) is 3.56. The Morgan fingerprint density at radius 1 is 1.00 bits per heavy atom. The lowest BCUT2D eigenvalue weighted by atomic mass is 9.89. The molecule has 2 saturated carbocycles.